The Morgan fingerprint density at radius 3 is 2.76 bits per heavy atom. The van der Waals surface area contributed by atoms with Crippen LogP contribution in [0, 0.1) is 0 Å². The molecule has 1 aromatic carbocycles. The van der Waals surface area contributed by atoms with E-state index < -0.39 is 0 Å². The van der Waals surface area contributed by atoms with Gasteiger partial charge in [0, 0.05) is 30.2 Å². The van der Waals surface area contributed by atoms with Crippen molar-refractivity contribution in [2.24, 2.45) is 0 Å². The number of hydrogen-bond donors (Lipinski definition) is 2. The number of benzene rings is 1. The lowest BCUT2D eigenvalue weighted by Crippen LogP contribution is -2.07. The van der Waals surface area contributed by atoms with Gasteiger partial charge in [0.1, 0.15) is 0 Å². The standard InChI is InChI=1S/C13H13N3O/c14-10-3-1-2-9(6-10)7-13(17)11-8-16-5-4-12(11)15/h1-6,8H,7,14H2,(H2,15,16). The van der Waals surface area contributed by atoms with Crippen LogP contribution in [0.15, 0.2) is 42.7 Å². The highest BCUT2D eigenvalue weighted by atomic mass is 16.1. The van der Waals surface area contributed by atoms with Gasteiger partial charge in [-0.2, -0.15) is 0 Å². The molecule has 0 unspecified atom stereocenters. The SMILES string of the molecule is Nc1cccc(CC(=O)c2cnccc2N)c1. The van der Waals surface area contributed by atoms with Crippen molar-refractivity contribution in [3.8, 4) is 0 Å². The molecule has 0 saturated heterocycles. The molecule has 2 rings (SSSR count). The molecule has 0 radical (unpaired) electrons. The summed E-state index contributed by atoms with van der Waals surface area (Å²) in [6, 6.07) is 8.87. The lowest BCUT2D eigenvalue weighted by atomic mass is 10.0. The van der Waals surface area contributed by atoms with E-state index in [1.165, 1.54) is 6.20 Å². The molecule has 0 fully saturated rings. The molecule has 1 aromatic heterocycles. The molecule has 0 spiro atoms. The van der Waals surface area contributed by atoms with Crippen molar-refractivity contribution in [3.05, 3.63) is 53.9 Å². The van der Waals surface area contributed by atoms with Gasteiger partial charge in [0.05, 0.1) is 5.56 Å². The normalized spacial score (nSPS) is 10.1. The van der Waals surface area contributed by atoms with Crippen LogP contribution in [0.2, 0.25) is 0 Å². The van der Waals surface area contributed by atoms with Crippen molar-refractivity contribution in [1.82, 2.24) is 4.98 Å². The summed E-state index contributed by atoms with van der Waals surface area (Å²) < 4.78 is 0. The first-order valence-electron chi connectivity index (χ1n) is 5.24. The summed E-state index contributed by atoms with van der Waals surface area (Å²) in [5, 5.41) is 0. The van der Waals surface area contributed by atoms with Crippen molar-refractivity contribution < 1.29 is 4.79 Å². The lowest BCUT2D eigenvalue weighted by molar-refractivity contribution is 0.0993. The fourth-order valence-electron chi connectivity index (χ4n) is 1.62. The van der Waals surface area contributed by atoms with Crippen molar-refractivity contribution in [3.63, 3.8) is 0 Å². The van der Waals surface area contributed by atoms with Gasteiger partial charge in [-0.1, -0.05) is 12.1 Å². The van der Waals surface area contributed by atoms with Crippen LogP contribution >= 0.6 is 0 Å². The number of pyridine rings is 1. The number of aromatic nitrogens is 1. The minimum atomic E-state index is -0.0544. The molecule has 4 nitrogen and oxygen atoms in total. The van der Waals surface area contributed by atoms with Gasteiger partial charge in [-0.25, -0.2) is 0 Å². The Hall–Kier alpha value is -2.36. The van der Waals surface area contributed by atoms with E-state index in [1.807, 2.05) is 12.1 Å². The van der Waals surface area contributed by atoms with Gasteiger partial charge in [0.15, 0.2) is 5.78 Å². The quantitative estimate of drug-likeness (QED) is 0.617. The van der Waals surface area contributed by atoms with Crippen LogP contribution in [0.4, 0.5) is 11.4 Å². The van der Waals surface area contributed by atoms with E-state index >= 15 is 0 Å². The predicted molar refractivity (Wildman–Crippen MR) is 67.5 cm³/mol. The topological polar surface area (TPSA) is 82.0 Å². The number of nitrogens with two attached hydrogens (primary N) is 2. The van der Waals surface area contributed by atoms with Crippen LogP contribution in [0.3, 0.4) is 0 Å². The predicted octanol–water partition coefficient (Wildman–Crippen LogP) is 1.67. The monoisotopic (exact) mass is 227 g/mol. The summed E-state index contributed by atoms with van der Waals surface area (Å²) in [6.45, 7) is 0. The smallest absolute Gasteiger partial charge is 0.170 e. The van der Waals surface area contributed by atoms with E-state index in [1.54, 1.807) is 24.4 Å². The number of Topliss-reactive ketones (excluding diaryl/α,β-unsaturated/α-hetero) is 1. The zero-order valence-corrected chi connectivity index (χ0v) is 9.26. The maximum Gasteiger partial charge on any atom is 0.170 e. The van der Waals surface area contributed by atoms with Crippen LogP contribution in [0.1, 0.15) is 15.9 Å². The number of anilines is 2. The number of hydrogen-bond acceptors (Lipinski definition) is 4. The first-order chi connectivity index (χ1) is 8.16. The van der Waals surface area contributed by atoms with Gasteiger partial charge < -0.3 is 11.5 Å². The fraction of sp³-hybridized carbons (Fsp3) is 0.0769. The van der Waals surface area contributed by atoms with Gasteiger partial charge in [-0.15, -0.1) is 0 Å². The van der Waals surface area contributed by atoms with Crippen LogP contribution < -0.4 is 11.5 Å². The number of carbonyl (C=O) groups is 1. The molecule has 0 saturated carbocycles. The summed E-state index contributed by atoms with van der Waals surface area (Å²) in [5.41, 5.74) is 13.8. The molecule has 86 valence electrons. The maximum atomic E-state index is 12.0. The van der Waals surface area contributed by atoms with Crippen molar-refractivity contribution in [1.29, 1.82) is 0 Å². The third-order valence-corrected chi connectivity index (χ3v) is 2.47. The zero-order valence-electron chi connectivity index (χ0n) is 9.26. The Morgan fingerprint density at radius 1 is 1.24 bits per heavy atom. The maximum absolute atomic E-state index is 12.0. The molecule has 0 atom stereocenters. The highest BCUT2D eigenvalue weighted by molar-refractivity contribution is 6.01. The van der Waals surface area contributed by atoms with Crippen molar-refractivity contribution in [2.75, 3.05) is 11.5 Å². The Kier molecular flexibility index (Phi) is 3.05. The van der Waals surface area contributed by atoms with Gasteiger partial charge in [0.2, 0.25) is 0 Å². The summed E-state index contributed by atoms with van der Waals surface area (Å²) >= 11 is 0. The van der Waals surface area contributed by atoms with Crippen LogP contribution in [-0.4, -0.2) is 10.8 Å². The van der Waals surface area contributed by atoms with Crippen molar-refractivity contribution >= 4 is 17.2 Å². The van der Waals surface area contributed by atoms with Gasteiger partial charge in [0.25, 0.3) is 0 Å². The number of nitrogen functional groups attached to an aromatic ring is 2. The van der Waals surface area contributed by atoms with E-state index in [0.29, 0.717) is 16.9 Å². The molecule has 0 amide bonds. The van der Waals surface area contributed by atoms with Crippen molar-refractivity contribution in [2.45, 2.75) is 6.42 Å². The average molecular weight is 227 g/mol. The molecule has 4 heteroatoms. The highest BCUT2D eigenvalue weighted by Gasteiger charge is 2.10. The lowest BCUT2D eigenvalue weighted by Gasteiger charge is -2.04. The number of nitrogens with zero attached hydrogens (tertiary/aromatic N) is 1. The largest absolute Gasteiger partial charge is 0.399 e. The number of rotatable bonds is 3. The minimum Gasteiger partial charge on any atom is -0.399 e. The Labute approximate surface area is 99.3 Å². The first-order valence-corrected chi connectivity index (χ1v) is 5.24. The molecule has 0 bridgehead atoms. The first kappa shape index (κ1) is 11.1. The molecular formula is C13H13N3O. The second kappa shape index (κ2) is 4.65. The van der Waals surface area contributed by atoms with E-state index in [-0.39, 0.29) is 12.2 Å². The van der Waals surface area contributed by atoms with Gasteiger partial charge in [-0.3, -0.25) is 9.78 Å². The zero-order chi connectivity index (χ0) is 12.3. The summed E-state index contributed by atoms with van der Waals surface area (Å²) in [4.78, 5) is 15.9. The second-order valence-corrected chi connectivity index (χ2v) is 3.81. The van der Waals surface area contributed by atoms with Gasteiger partial charge >= 0.3 is 0 Å². The van der Waals surface area contributed by atoms with E-state index in [0.717, 1.165) is 5.56 Å². The molecule has 1 heterocycles. The van der Waals surface area contributed by atoms with Crippen LogP contribution in [-0.2, 0) is 6.42 Å². The van der Waals surface area contributed by atoms with Crippen LogP contribution in [0.25, 0.3) is 0 Å². The van der Waals surface area contributed by atoms with Gasteiger partial charge in [-0.05, 0) is 23.8 Å². The second-order valence-electron chi connectivity index (χ2n) is 3.81. The minimum absolute atomic E-state index is 0.0544. The number of ketones is 1. The Morgan fingerprint density at radius 2 is 2.06 bits per heavy atom. The van der Waals surface area contributed by atoms with E-state index in [9.17, 15) is 4.79 Å². The Bertz CT molecular complexity index is 552. The summed E-state index contributed by atoms with van der Waals surface area (Å²) in [7, 11) is 0. The van der Waals surface area contributed by atoms with Crippen LogP contribution in [0.5, 0.6) is 0 Å². The molecule has 0 aliphatic heterocycles. The summed E-state index contributed by atoms with van der Waals surface area (Å²) in [5.74, 6) is -0.0544. The fourth-order valence-corrected chi connectivity index (χ4v) is 1.62. The molecule has 4 N–H and O–H groups in total. The third-order valence-electron chi connectivity index (χ3n) is 2.47. The molecule has 0 aliphatic rings. The molecular weight excluding hydrogens is 214 g/mol. The molecule has 2 aromatic rings. The van der Waals surface area contributed by atoms with E-state index in [2.05, 4.69) is 4.98 Å². The molecule has 17 heavy (non-hydrogen) atoms. The summed E-state index contributed by atoms with van der Waals surface area (Å²) in [6.07, 6.45) is 3.33. The average Bonchev–Trinajstić information content (AvgIpc) is 2.29. The third kappa shape index (κ3) is 2.60. The Balaban J connectivity index is 2.20. The van der Waals surface area contributed by atoms with E-state index in [4.69, 9.17) is 11.5 Å². The molecule has 0 aliphatic carbocycles. The highest BCUT2D eigenvalue weighted by Crippen LogP contribution is 2.14. The number of carbonyl (C=O) groups excluding carboxylic acids is 1.